The third-order valence-electron chi connectivity index (χ3n) is 4.61. The minimum absolute atomic E-state index is 0.628. The zero-order valence-electron chi connectivity index (χ0n) is 13.8. The summed E-state index contributed by atoms with van der Waals surface area (Å²) in [6.45, 7) is 11.4. The van der Waals surface area contributed by atoms with E-state index in [-0.39, 0.29) is 0 Å². The van der Waals surface area contributed by atoms with Crippen molar-refractivity contribution in [1.82, 2.24) is 10.2 Å². The summed E-state index contributed by atoms with van der Waals surface area (Å²) in [5, 5.41) is 3.72. The van der Waals surface area contributed by atoms with E-state index >= 15 is 0 Å². The Morgan fingerprint density at radius 2 is 1.67 bits per heavy atom. The van der Waals surface area contributed by atoms with Gasteiger partial charge < -0.3 is 5.32 Å². The van der Waals surface area contributed by atoms with Crippen LogP contribution in [-0.4, -0.2) is 36.1 Å². The third kappa shape index (κ3) is 4.80. The molecule has 1 N–H and O–H groups in total. The van der Waals surface area contributed by atoms with Crippen molar-refractivity contribution in [2.75, 3.05) is 13.1 Å². The molecule has 0 atom stereocenters. The Bertz CT molecular complexity index is 413. The molecular weight excluding hydrogens is 324 g/mol. The van der Waals surface area contributed by atoms with E-state index in [9.17, 15) is 0 Å². The summed E-state index contributed by atoms with van der Waals surface area (Å²) in [5.41, 5.74) is 1.49. The lowest BCUT2D eigenvalue weighted by atomic mass is 9.76. The first-order valence-electron chi connectivity index (χ1n) is 8.22. The molecule has 3 heteroatoms. The molecule has 1 aliphatic carbocycles. The van der Waals surface area contributed by atoms with Gasteiger partial charge in [-0.2, -0.15) is 0 Å². The molecule has 1 saturated carbocycles. The van der Waals surface area contributed by atoms with Crippen LogP contribution < -0.4 is 5.32 Å². The highest BCUT2D eigenvalue weighted by Gasteiger charge is 2.29. The molecule has 0 radical (unpaired) electrons. The molecule has 0 unspecified atom stereocenters. The van der Waals surface area contributed by atoms with Crippen LogP contribution in [0.5, 0.6) is 0 Å². The fourth-order valence-corrected chi connectivity index (χ4v) is 3.57. The molecule has 0 aliphatic heterocycles. The molecule has 1 fully saturated rings. The van der Waals surface area contributed by atoms with E-state index in [0.717, 1.165) is 19.0 Å². The Hall–Kier alpha value is -0.380. The predicted molar refractivity (Wildman–Crippen MR) is 94.9 cm³/mol. The van der Waals surface area contributed by atoms with Gasteiger partial charge in [-0.3, -0.25) is 4.90 Å². The van der Waals surface area contributed by atoms with Gasteiger partial charge in [0, 0.05) is 35.7 Å². The molecule has 0 amide bonds. The Morgan fingerprint density at radius 3 is 2.19 bits per heavy atom. The van der Waals surface area contributed by atoms with E-state index in [1.807, 2.05) is 0 Å². The molecule has 21 heavy (non-hydrogen) atoms. The summed E-state index contributed by atoms with van der Waals surface area (Å²) in [7, 11) is 0. The molecule has 0 saturated heterocycles. The highest BCUT2D eigenvalue weighted by molar-refractivity contribution is 9.10. The molecule has 1 aliphatic rings. The SMILES string of the molecule is CC(C)N(CCNC1CC(c2ccc(Br)cc2)C1)C(C)C. The van der Waals surface area contributed by atoms with Crippen LogP contribution in [0.3, 0.4) is 0 Å². The van der Waals surface area contributed by atoms with Crippen molar-refractivity contribution in [3.05, 3.63) is 34.3 Å². The molecule has 0 bridgehead atoms. The first-order valence-corrected chi connectivity index (χ1v) is 9.01. The van der Waals surface area contributed by atoms with Gasteiger partial charge in [-0.05, 0) is 64.2 Å². The number of benzene rings is 1. The van der Waals surface area contributed by atoms with Crippen molar-refractivity contribution in [2.45, 2.75) is 64.6 Å². The van der Waals surface area contributed by atoms with E-state index < -0.39 is 0 Å². The topological polar surface area (TPSA) is 15.3 Å². The van der Waals surface area contributed by atoms with Crippen LogP contribution in [-0.2, 0) is 0 Å². The van der Waals surface area contributed by atoms with Gasteiger partial charge in [-0.1, -0.05) is 28.1 Å². The average molecular weight is 353 g/mol. The zero-order valence-corrected chi connectivity index (χ0v) is 15.4. The van der Waals surface area contributed by atoms with E-state index in [1.54, 1.807) is 0 Å². The van der Waals surface area contributed by atoms with Gasteiger partial charge in [0.2, 0.25) is 0 Å². The first-order chi connectivity index (χ1) is 9.97. The molecule has 0 spiro atoms. The van der Waals surface area contributed by atoms with Crippen molar-refractivity contribution in [3.8, 4) is 0 Å². The van der Waals surface area contributed by atoms with Gasteiger partial charge in [0.05, 0.1) is 0 Å². The lowest BCUT2D eigenvalue weighted by Gasteiger charge is -2.38. The van der Waals surface area contributed by atoms with Crippen LogP contribution in [0.4, 0.5) is 0 Å². The number of rotatable bonds is 7. The number of hydrogen-bond acceptors (Lipinski definition) is 2. The number of hydrogen-bond donors (Lipinski definition) is 1. The smallest absolute Gasteiger partial charge is 0.0175 e. The van der Waals surface area contributed by atoms with Crippen LogP contribution in [0.25, 0.3) is 0 Å². The first kappa shape index (κ1) is 17.0. The van der Waals surface area contributed by atoms with E-state index in [2.05, 4.69) is 78.1 Å². The Labute approximate surface area is 138 Å². The molecular formula is C18H29BrN2. The molecule has 0 aromatic heterocycles. The van der Waals surface area contributed by atoms with Gasteiger partial charge in [-0.15, -0.1) is 0 Å². The minimum Gasteiger partial charge on any atom is -0.313 e. The second-order valence-corrected chi connectivity index (χ2v) is 7.71. The van der Waals surface area contributed by atoms with Crippen molar-refractivity contribution < 1.29 is 0 Å². The molecule has 118 valence electrons. The van der Waals surface area contributed by atoms with Crippen LogP contribution in [0.15, 0.2) is 28.7 Å². The maximum atomic E-state index is 3.72. The second kappa shape index (κ2) is 7.75. The van der Waals surface area contributed by atoms with E-state index in [0.29, 0.717) is 18.1 Å². The lowest BCUT2D eigenvalue weighted by Crippen LogP contribution is -2.46. The van der Waals surface area contributed by atoms with Crippen molar-refractivity contribution in [1.29, 1.82) is 0 Å². The second-order valence-electron chi connectivity index (χ2n) is 6.80. The largest absolute Gasteiger partial charge is 0.313 e. The maximum absolute atomic E-state index is 3.72. The van der Waals surface area contributed by atoms with Crippen molar-refractivity contribution in [3.63, 3.8) is 0 Å². The molecule has 1 aromatic carbocycles. The number of halogens is 1. The summed E-state index contributed by atoms with van der Waals surface area (Å²) in [6, 6.07) is 10.8. The van der Waals surface area contributed by atoms with Crippen LogP contribution in [0.2, 0.25) is 0 Å². The van der Waals surface area contributed by atoms with Crippen LogP contribution in [0.1, 0.15) is 52.0 Å². The molecule has 2 nitrogen and oxygen atoms in total. The summed E-state index contributed by atoms with van der Waals surface area (Å²) in [4.78, 5) is 2.55. The molecule has 0 heterocycles. The molecule has 1 aromatic rings. The average Bonchev–Trinajstić information content (AvgIpc) is 2.37. The number of nitrogens with zero attached hydrogens (tertiary/aromatic N) is 1. The highest BCUT2D eigenvalue weighted by Crippen LogP contribution is 2.37. The van der Waals surface area contributed by atoms with Crippen molar-refractivity contribution in [2.24, 2.45) is 0 Å². The standard InChI is InChI=1S/C18H29BrN2/c1-13(2)21(14(3)4)10-9-20-18-11-16(12-18)15-5-7-17(19)8-6-15/h5-8,13-14,16,18,20H,9-12H2,1-4H3. The highest BCUT2D eigenvalue weighted by atomic mass is 79.9. The van der Waals surface area contributed by atoms with Gasteiger partial charge in [0.25, 0.3) is 0 Å². The van der Waals surface area contributed by atoms with Crippen LogP contribution in [0, 0.1) is 0 Å². The number of nitrogens with one attached hydrogen (secondary N) is 1. The van der Waals surface area contributed by atoms with Gasteiger partial charge >= 0.3 is 0 Å². The van der Waals surface area contributed by atoms with Gasteiger partial charge in [0.15, 0.2) is 0 Å². The monoisotopic (exact) mass is 352 g/mol. The summed E-state index contributed by atoms with van der Waals surface area (Å²) < 4.78 is 1.17. The fraction of sp³-hybridized carbons (Fsp3) is 0.667. The quantitative estimate of drug-likeness (QED) is 0.781. The van der Waals surface area contributed by atoms with E-state index in [4.69, 9.17) is 0 Å². The fourth-order valence-electron chi connectivity index (χ4n) is 3.30. The maximum Gasteiger partial charge on any atom is 0.0175 e. The normalized spacial score (nSPS) is 22.1. The Morgan fingerprint density at radius 1 is 1.10 bits per heavy atom. The Balaban J connectivity index is 1.68. The van der Waals surface area contributed by atoms with Gasteiger partial charge in [0.1, 0.15) is 0 Å². The van der Waals surface area contributed by atoms with Crippen LogP contribution >= 0.6 is 15.9 Å². The summed E-state index contributed by atoms with van der Waals surface area (Å²) >= 11 is 3.50. The Kier molecular flexibility index (Phi) is 6.27. The third-order valence-corrected chi connectivity index (χ3v) is 5.14. The zero-order chi connectivity index (χ0) is 15.4. The minimum atomic E-state index is 0.628. The molecule has 2 rings (SSSR count). The van der Waals surface area contributed by atoms with Gasteiger partial charge in [-0.25, -0.2) is 0 Å². The van der Waals surface area contributed by atoms with E-state index in [1.165, 1.54) is 22.9 Å². The summed E-state index contributed by atoms with van der Waals surface area (Å²) in [6.07, 6.45) is 2.57. The van der Waals surface area contributed by atoms with Crippen molar-refractivity contribution >= 4 is 15.9 Å². The predicted octanol–water partition coefficient (Wildman–Crippen LogP) is 4.40. The lowest BCUT2D eigenvalue weighted by molar-refractivity contribution is 0.168. The summed E-state index contributed by atoms with van der Waals surface area (Å²) in [5.74, 6) is 0.752.